The number of allylic oxidation sites excluding steroid dienone is 1. The Morgan fingerprint density at radius 2 is 1.73 bits per heavy atom. The van der Waals surface area contributed by atoms with Crippen LogP contribution < -0.4 is 5.32 Å². The number of hydrogen-bond acceptors (Lipinski definition) is 4. The predicted molar refractivity (Wildman–Crippen MR) is 56.2 cm³/mol. The minimum atomic E-state index is -1.35. The number of carbonyl (C=O) groups excluding carboxylic acids is 1. The van der Waals surface area contributed by atoms with Crippen molar-refractivity contribution in [1.82, 2.24) is 5.32 Å². The number of rotatable bonds is 6. The van der Waals surface area contributed by atoms with Gasteiger partial charge in [0.2, 0.25) is 5.91 Å². The number of amides is 1. The molecule has 0 saturated heterocycles. The maximum Gasteiger partial charge on any atom is 0.247 e. The minimum absolute atomic E-state index is 0.394. The molecule has 4 N–H and O–H groups in total. The third-order valence-electron chi connectivity index (χ3n) is 2.16. The highest BCUT2D eigenvalue weighted by molar-refractivity contribution is 5.93. The molecule has 1 amide bonds. The highest BCUT2D eigenvalue weighted by Gasteiger charge is 2.30. The molecule has 0 spiro atoms. The SMILES string of the molecule is CC/C=C(/C)C(=O)NC(CO)(CO)CO. The normalized spacial score (nSPS) is 12.7. The second-order valence-electron chi connectivity index (χ2n) is 3.50. The third-order valence-corrected chi connectivity index (χ3v) is 2.16. The lowest BCUT2D eigenvalue weighted by atomic mass is 10.0. The Kier molecular flexibility index (Phi) is 6.15. The maximum absolute atomic E-state index is 11.5. The second kappa shape index (κ2) is 6.55. The molecule has 0 heterocycles. The standard InChI is InChI=1S/C10H19NO4/c1-3-4-8(2)9(15)11-10(5-12,6-13)7-14/h4,12-14H,3,5-7H2,1-2H3,(H,11,15)/b8-4-. The first-order valence-electron chi connectivity index (χ1n) is 4.87. The van der Waals surface area contributed by atoms with Crippen LogP contribution in [0.2, 0.25) is 0 Å². The third kappa shape index (κ3) is 3.99. The fourth-order valence-corrected chi connectivity index (χ4v) is 1.01. The largest absolute Gasteiger partial charge is 0.394 e. The van der Waals surface area contributed by atoms with Crippen molar-refractivity contribution in [3.8, 4) is 0 Å². The van der Waals surface area contributed by atoms with E-state index in [9.17, 15) is 4.79 Å². The molecular weight excluding hydrogens is 198 g/mol. The Morgan fingerprint density at radius 1 is 1.27 bits per heavy atom. The first-order chi connectivity index (χ1) is 7.05. The number of carbonyl (C=O) groups is 1. The Balaban J connectivity index is 4.55. The average Bonchev–Trinajstić information content (AvgIpc) is 2.26. The van der Waals surface area contributed by atoms with Crippen LogP contribution >= 0.6 is 0 Å². The molecule has 0 radical (unpaired) electrons. The molecule has 0 rings (SSSR count). The summed E-state index contributed by atoms with van der Waals surface area (Å²) in [6.45, 7) is 2.01. The fourth-order valence-electron chi connectivity index (χ4n) is 1.01. The summed E-state index contributed by atoms with van der Waals surface area (Å²) in [5, 5.41) is 29.4. The second-order valence-corrected chi connectivity index (χ2v) is 3.50. The molecule has 15 heavy (non-hydrogen) atoms. The van der Waals surface area contributed by atoms with Crippen LogP contribution in [0.25, 0.3) is 0 Å². The maximum atomic E-state index is 11.5. The smallest absolute Gasteiger partial charge is 0.247 e. The summed E-state index contributed by atoms with van der Waals surface area (Å²) >= 11 is 0. The van der Waals surface area contributed by atoms with Gasteiger partial charge in [-0.25, -0.2) is 0 Å². The van der Waals surface area contributed by atoms with Gasteiger partial charge in [-0.05, 0) is 13.3 Å². The van der Waals surface area contributed by atoms with Crippen molar-refractivity contribution in [3.05, 3.63) is 11.6 Å². The van der Waals surface area contributed by atoms with E-state index in [4.69, 9.17) is 15.3 Å². The summed E-state index contributed by atoms with van der Waals surface area (Å²) in [4.78, 5) is 11.5. The summed E-state index contributed by atoms with van der Waals surface area (Å²) in [6.07, 6.45) is 2.45. The van der Waals surface area contributed by atoms with Crippen LogP contribution in [0.4, 0.5) is 0 Å². The molecule has 0 atom stereocenters. The lowest BCUT2D eigenvalue weighted by Gasteiger charge is -2.28. The van der Waals surface area contributed by atoms with Crippen molar-refractivity contribution in [2.24, 2.45) is 0 Å². The van der Waals surface area contributed by atoms with Crippen LogP contribution in [0, 0.1) is 0 Å². The predicted octanol–water partition coefficient (Wildman–Crippen LogP) is -0.825. The van der Waals surface area contributed by atoms with E-state index in [0.717, 1.165) is 6.42 Å². The van der Waals surface area contributed by atoms with Gasteiger partial charge in [-0.1, -0.05) is 13.0 Å². The van der Waals surface area contributed by atoms with Crippen molar-refractivity contribution in [1.29, 1.82) is 0 Å². The van der Waals surface area contributed by atoms with Crippen LogP contribution in [0.1, 0.15) is 20.3 Å². The van der Waals surface area contributed by atoms with Crippen molar-refractivity contribution in [3.63, 3.8) is 0 Å². The number of aliphatic hydroxyl groups excluding tert-OH is 3. The molecule has 0 aromatic heterocycles. The minimum Gasteiger partial charge on any atom is -0.394 e. The van der Waals surface area contributed by atoms with Gasteiger partial charge in [0.05, 0.1) is 19.8 Å². The van der Waals surface area contributed by atoms with Crippen LogP contribution in [-0.2, 0) is 4.79 Å². The monoisotopic (exact) mass is 217 g/mol. The van der Waals surface area contributed by atoms with E-state index in [1.54, 1.807) is 13.0 Å². The van der Waals surface area contributed by atoms with E-state index in [1.807, 2.05) is 6.92 Å². The highest BCUT2D eigenvalue weighted by Crippen LogP contribution is 2.04. The molecule has 0 fully saturated rings. The molecular formula is C10H19NO4. The van der Waals surface area contributed by atoms with E-state index in [0.29, 0.717) is 5.57 Å². The van der Waals surface area contributed by atoms with Gasteiger partial charge in [-0.3, -0.25) is 4.79 Å². The van der Waals surface area contributed by atoms with E-state index in [1.165, 1.54) is 0 Å². The molecule has 0 aliphatic carbocycles. The first kappa shape index (κ1) is 14.1. The summed E-state index contributed by atoms with van der Waals surface area (Å²) in [7, 11) is 0. The molecule has 5 heteroatoms. The van der Waals surface area contributed by atoms with Gasteiger partial charge in [-0.2, -0.15) is 0 Å². The molecule has 0 saturated carbocycles. The fraction of sp³-hybridized carbons (Fsp3) is 0.700. The lowest BCUT2D eigenvalue weighted by molar-refractivity contribution is -0.121. The van der Waals surface area contributed by atoms with Crippen molar-refractivity contribution >= 4 is 5.91 Å². The molecule has 0 unspecified atom stereocenters. The zero-order chi connectivity index (χ0) is 11.9. The van der Waals surface area contributed by atoms with Gasteiger partial charge in [0.25, 0.3) is 0 Å². The Morgan fingerprint density at radius 3 is 2.07 bits per heavy atom. The first-order valence-corrected chi connectivity index (χ1v) is 4.87. The van der Waals surface area contributed by atoms with Crippen molar-refractivity contribution < 1.29 is 20.1 Å². The Hall–Kier alpha value is -0.910. The van der Waals surface area contributed by atoms with Crippen LogP contribution in [0.3, 0.4) is 0 Å². The summed E-state index contributed by atoms with van der Waals surface area (Å²) in [6, 6.07) is 0. The van der Waals surface area contributed by atoms with Crippen LogP contribution in [-0.4, -0.2) is 46.6 Å². The Labute approximate surface area is 89.4 Å². The van der Waals surface area contributed by atoms with Gasteiger partial charge in [0.1, 0.15) is 5.54 Å². The van der Waals surface area contributed by atoms with E-state index < -0.39 is 31.3 Å². The van der Waals surface area contributed by atoms with E-state index in [2.05, 4.69) is 5.32 Å². The van der Waals surface area contributed by atoms with Crippen LogP contribution in [0.15, 0.2) is 11.6 Å². The van der Waals surface area contributed by atoms with Crippen molar-refractivity contribution in [2.45, 2.75) is 25.8 Å². The van der Waals surface area contributed by atoms with E-state index >= 15 is 0 Å². The average molecular weight is 217 g/mol. The van der Waals surface area contributed by atoms with Crippen molar-refractivity contribution in [2.75, 3.05) is 19.8 Å². The molecule has 0 aromatic rings. The molecule has 0 aliphatic rings. The molecule has 0 aliphatic heterocycles. The van der Waals surface area contributed by atoms with Crippen LogP contribution in [0.5, 0.6) is 0 Å². The van der Waals surface area contributed by atoms with Gasteiger partial charge < -0.3 is 20.6 Å². The zero-order valence-electron chi connectivity index (χ0n) is 9.16. The lowest BCUT2D eigenvalue weighted by Crippen LogP contribution is -2.57. The molecule has 0 aromatic carbocycles. The Bertz CT molecular complexity index is 225. The van der Waals surface area contributed by atoms with Gasteiger partial charge >= 0.3 is 0 Å². The van der Waals surface area contributed by atoms with Gasteiger partial charge in [0.15, 0.2) is 0 Å². The molecule has 0 bridgehead atoms. The molecule has 5 nitrogen and oxygen atoms in total. The number of hydrogen-bond donors (Lipinski definition) is 4. The zero-order valence-corrected chi connectivity index (χ0v) is 9.16. The quantitative estimate of drug-likeness (QED) is 0.437. The number of aliphatic hydroxyl groups is 3. The topological polar surface area (TPSA) is 89.8 Å². The van der Waals surface area contributed by atoms with E-state index in [-0.39, 0.29) is 0 Å². The summed E-state index contributed by atoms with van der Waals surface area (Å²) in [5.74, 6) is -0.394. The summed E-state index contributed by atoms with van der Waals surface area (Å²) in [5.41, 5.74) is -0.850. The molecule has 88 valence electrons. The number of nitrogens with one attached hydrogen (secondary N) is 1. The van der Waals surface area contributed by atoms with Gasteiger partial charge in [0, 0.05) is 5.57 Å². The summed E-state index contributed by atoms with van der Waals surface area (Å²) < 4.78 is 0. The van der Waals surface area contributed by atoms with Gasteiger partial charge in [-0.15, -0.1) is 0 Å². The highest BCUT2D eigenvalue weighted by atomic mass is 16.3.